The number of amides is 1. The van der Waals surface area contributed by atoms with Crippen molar-refractivity contribution in [3.05, 3.63) is 53.6 Å². The van der Waals surface area contributed by atoms with Gasteiger partial charge in [-0.25, -0.2) is 8.42 Å². The van der Waals surface area contributed by atoms with Gasteiger partial charge in [0, 0.05) is 44.5 Å². The number of nitrogens with zero attached hydrogens (tertiary/aromatic N) is 2. The zero-order valence-corrected chi connectivity index (χ0v) is 16.8. The summed E-state index contributed by atoms with van der Waals surface area (Å²) in [7, 11) is -3.68. The van der Waals surface area contributed by atoms with Crippen molar-refractivity contribution < 1.29 is 13.2 Å². The molecule has 2 aliphatic heterocycles. The number of carbonyl (C=O) groups excluding carboxylic acids is 1. The third kappa shape index (κ3) is 3.85. The van der Waals surface area contributed by atoms with E-state index in [9.17, 15) is 13.2 Å². The molecule has 2 aliphatic rings. The van der Waals surface area contributed by atoms with Crippen LogP contribution in [0, 0.1) is 0 Å². The monoisotopic (exact) mass is 399 g/mol. The van der Waals surface area contributed by atoms with Crippen LogP contribution in [0.2, 0.25) is 0 Å². The van der Waals surface area contributed by atoms with E-state index >= 15 is 0 Å². The highest BCUT2D eigenvalue weighted by Crippen LogP contribution is 2.26. The average Bonchev–Trinajstić information content (AvgIpc) is 3.22. The van der Waals surface area contributed by atoms with Gasteiger partial charge in [-0.2, -0.15) is 0 Å². The van der Waals surface area contributed by atoms with Gasteiger partial charge in [-0.05, 0) is 66.8 Å². The molecule has 6 nitrogen and oxygen atoms in total. The van der Waals surface area contributed by atoms with Gasteiger partial charge in [-0.15, -0.1) is 0 Å². The largest absolute Gasteiger partial charge is 0.372 e. The number of hydrogen-bond donors (Lipinski definition) is 1. The lowest BCUT2D eigenvalue weighted by molar-refractivity contribution is -0.129. The van der Waals surface area contributed by atoms with Gasteiger partial charge in [-0.1, -0.05) is 6.07 Å². The second-order valence-electron chi connectivity index (χ2n) is 7.47. The summed E-state index contributed by atoms with van der Waals surface area (Å²) in [6.45, 7) is 4.78. The van der Waals surface area contributed by atoms with Crippen LogP contribution in [0.25, 0.3) is 0 Å². The van der Waals surface area contributed by atoms with Crippen LogP contribution < -0.4 is 9.62 Å². The molecule has 1 amide bonds. The van der Waals surface area contributed by atoms with Gasteiger partial charge < -0.3 is 9.80 Å². The van der Waals surface area contributed by atoms with E-state index in [1.165, 1.54) is 12.8 Å². The summed E-state index contributed by atoms with van der Waals surface area (Å²) in [6.07, 6.45) is 3.15. The first kappa shape index (κ1) is 18.8. The second-order valence-corrected chi connectivity index (χ2v) is 9.15. The average molecular weight is 400 g/mol. The first-order valence-electron chi connectivity index (χ1n) is 9.67. The van der Waals surface area contributed by atoms with Crippen molar-refractivity contribution >= 4 is 27.3 Å². The number of fused-ring (bicyclic) bond motifs is 1. The number of anilines is 2. The molecular weight excluding hydrogens is 374 g/mol. The Morgan fingerprint density at radius 2 is 1.68 bits per heavy atom. The number of rotatable bonds is 4. The van der Waals surface area contributed by atoms with Crippen molar-refractivity contribution in [3.63, 3.8) is 0 Å². The van der Waals surface area contributed by atoms with Gasteiger partial charge in [0.05, 0.1) is 4.90 Å². The van der Waals surface area contributed by atoms with Gasteiger partial charge in [-0.3, -0.25) is 9.52 Å². The highest BCUT2D eigenvalue weighted by molar-refractivity contribution is 7.92. The van der Waals surface area contributed by atoms with E-state index in [-0.39, 0.29) is 10.8 Å². The van der Waals surface area contributed by atoms with Gasteiger partial charge in [0.15, 0.2) is 0 Å². The molecule has 0 unspecified atom stereocenters. The number of sulfonamides is 1. The fraction of sp³-hybridized carbons (Fsp3) is 0.381. The van der Waals surface area contributed by atoms with E-state index in [0.717, 1.165) is 36.3 Å². The molecular formula is C21H25N3O3S. The van der Waals surface area contributed by atoms with Gasteiger partial charge in [0.2, 0.25) is 5.91 Å². The minimum absolute atomic E-state index is 0.00938. The zero-order chi connectivity index (χ0) is 19.7. The Morgan fingerprint density at radius 3 is 2.36 bits per heavy atom. The summed E-state index contributed by atoms with van der Waals surface area (Å²) in [5.41, 5.74) is 3.67. The second kappa shape index (κ2) is 7.47. The number of hydrogen-bond acceptors (Lipinski definition) is 4. The Hall–Kier alpha value is -2.54. The summed E-state index contributed by atoms with van der Waals surface area (Å²) in [5.74, 6) is 0.00938. The normalized spacial score (nSPS) is 16.8. The molecule has 0 bridgehead atoms. The van der Waals surface area contributed by atoms with Crippen LogP contribution in [-0.4, -0.2) is 38.9 Å². The topological polar surface area (TPSA) is 69.7 Å². The van der Waals surface area contributed by atoms with Gasteiger partial charge in [0.25, 0.3) is 10.0 Å². The van der Waals surface area contributed by atoms with Crippen LogP contribution in [0.1, 0.15) is 30.9 Å². The van der Waals surface area contributed by atoms with Gasteiger partial charge >= 0.3 is 0 Å². The molecule has 0 radical (unpaired) electrons. The number of nitrogens with one attached hydrogen (secondary N) is 1. The van der Waals surface area contributed by atoms with E-state index in [4.69, 9.17) is 0 Å². The van der Waals surface area contributed by atoms with Crippen molar-refractivity contribution in [2.45, 2.75) is 37.6 Å². The lowest BCUT2D eigenvalue weighted by Crippen LogP contribution is -2.34. The molecule has 148 valence electrons. The van der Waals surface area contributed by atoms with Crippen LogP contribution in [0.4, 0.5) is 11.4 Å². The van der Waals surface area contributed by atoms with E-state index < -0.39 is 10.0 Å². The highest BCUT2D eigenvalue weighted by Gasteiger charge is 2.22. The fourth-order valence-electron chi connectivity index (χ4n) is 3.90. The molecule has 0 atom stereocenters. The third-order valence-corrected chi connectivity index (χ3v) is 6.92. The minimum atomic E-state index is -3.68. The van der Waals surface area contributed by atoms with Crippen LogP contribution in [0.5, 0.6) is 0 Å². The van der Waals surface area contributed by atoms with E-state index in [2.05, 4.69) is 9.62 Å². The molecule has 0 spiro atoms. The predicted molar refractivity (Wildman–Crippen MR) is 110 cm³/mol. The standard InChI is InChI=1S/C21H25N3O3S/c1-16(25)24-13-10-17-4-9-21(14-18(17)15-24)28(26,27)22-19-5-7-20(8-6-19)23-11-2-3-12-23/h4-9,14,22H,2-3,10-13,15H2,1H3. The van der Waals surface area contributed by atoms with E-state index in [1.807, 2.05) is 18.2 Å². The summed E-state index contributed by atoms with van der Waals surface area (Å²) < 4.78 is 28.3. The Balaban J connectivity index is 1.52. The molecule has 0 aliphatic carbocycles. The van der Waals surface area contributed by atoms with Crippen molar-refractivity contribution in [3.8, 4) is 0 Å². The Kier molecular flexibility index (Phi) is 5.02. The molecule has 1 saturated heterocycles. The number of benzene rings is 2. The fourth-order valence-corrected chi connectivity index (χ4v) is 5.01. The molecule has 7 heteroatoms. The Morgan fingerprint density at radius 1 is 0.964 bits per heavy atom. The lowest BCUT2D eigenvalue weighted by Gasteiger charge is -2.28. The molecule has 2 heterocycles. The quantitative estimate of drug-likeness (QED) is 0.858. The smallest absolute Gasteiger partial charge is 0.261 e. The summed E-state index contributed by atoms with van der Waals surface area (Å²) in [4.78, 5) is 15.9. The van der Waals surface area contributed by atoms with Crippen molar-refractivity contribution in [2.24, 2.45) is 0 Å². The Labute approximate surface area is 166 Å². The lowest BCUT2D eigenvalue weighted by atomic mass is 10.00. The predicted octanol–water partition coefficient (Wildman–Crippen LogP) is 2.99. The van der Waals surface area contributed by atoms with Crippen LogP contribution in [-0.2, 0) is 27.8 Å². The maximum absolute atomic E-state index is 12.8. The molecule has 0 saturated carbocycles. The zero-order valence-electron chi connectivity index (χ0n) is 16.0. The maximum atomic E-state index is 12.8. The first-order valence-corrected chi connectivity index (χ1v) is 11.2. The van der Waals surface area contributed by atoms with Crippen LogP contribution >= 0.6 is 0 Å². The number of carbonyl (C=O) groups is 1. The summed E-state index contributed by atoms with van der Waals surface area (Å²) in [6, 6.07) is 12.7. The maximum Gasteiger partial charge on any atom is 0.261 e. The first-order chi connectivity index (χ1) is 13.4. The van der Waals surface area contributed by atoms with E-state index in [0.29, 0.717) is 18.8 Å². The Bertz CT molecular complexity index is 980. The molecule has 2 aromatic rings. The third-order valence-electron chi connectivity index (χ3n) is 5.54. The molecule has 1 N–H and O–H groups in total. The van der Waals surface area contributed by atoms with Crippen molar-refractivity contribution in [1.29, 1.82) is 0 Å². The molecule has 4 rings (SSSR count). The van der Waals surface area contributed by atoms with Crippen molar-refractivity contribution in [2.75, 3.05) is 29.3 Å². The molecule has 28 heavy (non-hydrogen) atoms. The highest BCUT2D eigenvalue weighted by atomic mass is 32.2. The van der Waals surface area contributed by atoms with Crippen LogP contribution in [0.15, 0.2) is 47.4 Å². The molecule has 2 aromatic carbocycles. The summed E-state index contributed by atoms with van der Waals surface area (Å²) >= 11 is 0. The minimum Gasteiger partial charge on any atom is -0.372 e. The molecule has 0 aromatic heterocycles. The van der Waals surface area contributed by atoms with Gasteiger partial charge in [0.1, 0.15) is 0 Å². The van der Waals surface area contributed by atoms with E-state index in [1.54, 1.807) is 36.1 Å². The van der Waals surface area contributed by atoms with Crippen molar-refractivity contribution in [1.82, 2.24) is 4.90 Å². The SMILES string of the molecule is CC(=O)N1CCc2ccc(S(=O)(=O)Nc3ccc(N4CCCC4)cc3)cc2C1. The van der Waals surface area contributed by atoms with Crippen LogP contribution in [0.3, 0.4) is 0 Å². The molecule has 1 fully saturated rings. The summed E-state index contributed by atoms with van der Waals surface area (Å²) in [5, 5.41) is 0.